The Balaban J connectivity index is 1.28. The first kappa shape index (κ1) is 16.7. The number of carbonyl (C=O) groups is 2. The third-order valence-electron chi connectivity index (χ3n) is 5.39. The standard InChI is InChI=1S/C17H22N6O3/c1-9-21-12(26-22-9)8-20-17(18-2)19-5-6-23-15(24)13-10-3-4-11(7-10)14(13)16(23)25/h3-4,10-11,13-14H,5-8H2,1-2H3,(H2,18,19,20). The molecule has 2 N–H and O–H groups in total. The second-order valence-electron chi connectivity index (χ2n) is 6.92. The summed E-state index contributed by atoms with van der Waals surface area (Å²) in [6.07, 6.45) is 5.15. The molecule has 9 heteroatoms. The molecule has 9 nitrogen and oxygen atoms in total. The number of hydrogen-bond donors (Lipinski definition) is 2. The molecule has 2 heterocycles. The molecule has 4 atom stereocenters. The van der Waals surface area contributed by atoms with Crippen molar-refractivity contribution in [1.82, 2.24) is 25.7 Å². The Morgan fingerprint density at radius 1 is 1.27 bits per heavy atom. The zero-order chi connectivity index (χ0) is 18.3. The van der Waals surface area contributed by atoms with Crippen molar-refractivity contribution >= 4 is 17.8 Å². The van der Waals surface area contributed by atoms with Crippen molar-refractivity contribution in [3.8, 4) is 0 Å². The summed E-state index contributed by atoms with van der Waals surface area (Å²) in [6.45, 7) is 2.87. The van der Waals surface area contributed by atoms with Gasteiger partial charge in [0.15, 0.2) is 11.8 Å². The predicted molar refractivity (Wildman–Crippen MR) is 91.7 cm³/mol. The van der Waals surface area contributed by atoms with Crippen molar-refractivity contribution in [2.24, 2.45) is 28.7 Å². The highest BCUT2D eigenvalue weighted by molar-refractivity contribution is 6.06. The van der Waals surface area contributed by atoms with Gasteiger partial charge in [-0.15, -0.1) is 0 Å². The van der Waals surface area contributed by atoms with Gasteiger partial charge in [-0.3, -0.25) is 19.5 Å². The van der Waals surface area contributed by atoms with Gasteiger partial charge >= 0.3 is 0 Å². The Labute approximate surface area is 150 Å². The van der Waals surface area contributed by atoms with E-state index in [0.717, 1.165) is 6.42 Å². The first-order chi connectivity index (χ1) is 12.6. The van der Waals surface area contributed by atoms with E-state index in [1.54, 1.807) is 14.0 Å². The number of hydrogen-bond acceptors (Lipinski definition) is 6. The van der Waals surface area contributed by atoms with Gasteiger partial charge in [0.2, 0.25) is 17.7 Å². The molecule has 2 bridgehead atoms. The minimum absolute atomic E-state index is 0.0251. The molecular formula is C17H22N6O3. The fourth-order valence-corrected chi connectivity index (χ4v) is 4.26. The lowest BCUT2D eigenvalue weighted by molar-refractivity contribution is -0.140. The van der Waals surface area contributed by atoms with Gasteiger partial charge in [0.25, 0.3) is 0 Å². The fourth-order valence-electron chi connectivity index (χ4n) is 4.26. The molecule has 2 aliphatic carbocycles. The molecule has 1 aromatic heterocycles. The second kappa shape index (κ2) is 6.54. The molecule has 1 saturated heterocycles. The van der Waals surface area contributed by atoms with E-state index < -0.39 is 0 Å². The average Bonchev–Trinajstić information content (AvgIpc) is 3.38. The second-order valence-corrected chi connectivity index (χ2v) is 6.92. The first-order valence-corrected chi connectivity index (χ1v) is 8.85. The number of nitrogens with zero attached hydrogens (tertiary/aromatic N) is 4. The number of guanidine groups is 1. The van der Waals surface area contributed by atoms with Crippen molar-refractivity contribution in [2.45, 2.75) is 19.9 Å². The lowest BCUT2D eigenvalue weighted by Crippen LogP contribution is -2.43. The molecule has 1 saturated carbocycles. The zero-order valence-corrected chi connectivity index (χ0v) is 14.8. The smallest absolute Gasteiger partial charge is 0.246 e. The van der Waals surface area contributed by atoms with Crippen LogP contribution >= 0.6 is 0 Å². The maximum atomic E-state index is 12.6. The number of rotatable bonds is 5. The van der Waals surface area contributed by atoms with Gasteiger partial charge in [0.05, 0.1) is 18.4 Å². The van der Waals surface area contributed by atoms with E-state index in [1.165, 1.54) is 4.90 Å². The molecular weight excluding hydrogens is 336 g/mol. The minimum Gasteiger partial charge on any atom is -0.355 e. The molecule has 0 radical (unpaired) electrons. The maximum Gasteiger partial charge on any atom is 0.246 e. The van der Waals surface area contributed by atoms with Crippen LogP contribution in [0.2, 0.25) is 0 Å². The molecule has 138 valence electrons. The van der Waals surface area contributed by atoms with E-state index in [1.807, 2.05) is 0 Å². The predicted octanol–water partition coefficient (Wildman–Crippen LogP) is -0.150. The molecule has 1 aromatic rings. The summed E-state index contributed by atoms with van der Waals surface area (Å²) in [5.74, 6) is 1.73. The number of aliphatic imine (C=N–C) groups is 1. The number of allylic oxidation sites excluding steroid dienone is 2. The van der Waals surface area contributed by atoms with Gasteiger partial charge < -0.3 is 15.2 Å². The molecule has 26 heavy (non-hydrogen) atoms. The minimum atomic E-state index is -0.143. The molecule has 0 spiro atoms. The first-order valence-electron chi connectivity index (χ1n) is 8.85. The number of nitrogens with one attached hydrogen (secondary N) is 2. The Morgan fingerprint density at radius 2 is 1.96 bits per heavy atom. The molecule has 4 unspecified atom stereocenters. The highest BCUT2D eigenvalue weighted by atomic mass is 16.5. The van der Waals surface area contributed by atoms with Crippen molar-refractivity contribution in [3.05, 3.63) is 23.9 Å². The highest BCUT2D eigenvalue weighted by Crippen LogP contribution is 2.52. The largest absolute Gasteiger partial charge is 0.355 e. The molecule has 0 aromatic carbocycles. The van der Waals surface area contributed by atoms with Crippen LogP contribution in [0, 0.1) is 30.6 Å². The highest BCUT2D eigenvalue weighted by Gasteiger charge is 2.58. The average molecular weight is 358 g/mol. The van der Waals surface area contributed by atoms with Crippen LogP contribution in [0.4, 0.5) is 0 Å². The van der Waals surface area contributed by atoms with Crippen LogP contribution < -0.4 is 10.6 Å². The lowest BCUT2D eigenvalue weighted by atomic mass is 9.85. The number of fused-ring (bicyclic) bond motifs is 5. The van der Waals surface area contributed by atoms with Gasteiger partial charge in [-0.1, -0.05) is 17.3 Å². The number of likely N-dealkylation sites (tertiary alicyclic amines) is 1. The Bertz CT molecular complexity index is 755. The normalized spacial score (nSPS) is 29.6. The number of aromatic nitrogens is 2. The van der Waals surface area contributed by atoms with E-state index >= 15 is 0 Å². The van der Waals surface area contributed by atoms with E-state index in [2.05, 4.69) is 37.9 Å². The van der Waals surface area contributed by atoms with Crippen molar-refractivity contribution in [1.29, 1.82) is 0 Å². The zero-order valence-electron chi connectivity index (χ0n) is 14.8. The molecule has 2 fully saturated rings. The summed E-state index contributed by atoms with van der Waals surface area (Å²) in [5.41, 5.74) is 0. The summed E-state index contributed by atoms with van der Waals surface area (Å²) in [6, 6.07) is 0. The lowest BCUT2D eigenvalue weighted by Gasteiger charge is -2.18. The third kappa shape index (κ3) is 2.77. The Morgan fingerprint density at radius 3 is 2.54 bits per heavy atom. The van der Waals surface area contributed by atoms with Crippen LogP contribution in [-0.4, -0.2) is 53.0 Å². The fraction of sp³-hybridized carbons (Fsp3) is 0.588. The van der Waals surface area contributed by atoms with Gasteiger partial charge in [-0.05, 0) is 25.2 Å². The SMILES string of the molecule is CN=C(NCCN1C(=O)C2C3C=CC(C3)C2C1=O)NCc1nc(C)no1. The number of carbonyl (C=O) groups excluding carboxylic acids is 2. The topological polar surface area (TPSA) is 113 Å². The van der Waals surface area contributed by atoms with Crippen molar-refractivity contribution in [3.63, 3.8) is 0 Å². The summed E-state index contributed by atoms with van der Waals surface area (Å²) in [4.78, 5) is 34.9. The van der Waals surface area contributed by atoms with Gasteiger partial charge in [-0.2, -0.15) is 4.98 Å². The van der Waals surface area contributed by atoms with E-state index in [-0.39, 0.29) is 35.5 Å². The van der Waals surface area contributed by atoms with Crippen LogP contribution in [0.15, 0.2) is 21.7 Å². The number of amides is 2. The van der Waals surface area contributed by atoms with Crippen LogP contribution in [0.5, 0.6) is 0 Å². The summed E-state index contributed by atoms with van der Waals surface area (Å²) >= 11 is 0. The van der Waals surface area contributed by atoms with Crippen molar-refractivity contribution < 1.29 is 14.1 Å². The molecule has 1 aliphatic heterocycles. The van der Waals surface area contributed by atoms with E-state index in [9.17, 15) is 9.59 Å². The molecule has 3 aliphatic rings. The summed E-state index contributed by atoms with van der Waals surface area (Å²) in [7, 11) is 1.65. The monoisotopic (exact) mass is 358 g/mol. The maximum absolute atomic E-state index is 12.6. The third-order valence-corrected chi connectivity index (χ3v) is 5.39. The van der Waals surface area contributed by atoms with Gasteiger partial charge in [-0.25, -0.2) is 0 Å². The van der Waals surface area contributed by atoms with Gasteiger partial charge in [0, 0.05) is 20.1 Å². The number of imide groups is 1. The number of aryl methyl sites for hydroxylation is 1. The Hall–Kier alpha value is -2.71. The van der Waals surface area contributed by atoms with E-state index in [4.69, 9.17) is 4.52 Å². The summed E-state index contributed by atoms with van der Waals surface area (Å²) in [5, 5.41) is 9.88. The molecule has 4 rings (SSSR count). The summed E-state index contributed by atoms with van der Waals surface area (Å²) < 4.78 is 5.03. The molecule has 2 amide bonds. The van der Waals surface area contributed by atoms with Crippen LogP contribution in [-0.2, 0) is 16.1 Å². The van der Waals surface area contributed by atoms with Crippen LogP contribution in [0.1, 0.15) is 18.1 Å². The van der Waals surface area contributed by atoms with Crippen molar-refractivity contribution in [2.75, 3.05) is 20.1 Å². The van der Waals surface area contributed by atoms with Gasteiger partial charge in [0.1, 0.15) is 0 Å². The van der Waals surface area contributed by atoms with Crippen LogP contribution in [0.25, 0.3) is 0 Å². The quantitative estimate of drug-likeness (QED) is 0.326. The van der Waals surface area contributed by atoms with E-state index in [0.29, 0.717) is 37.3 Å². The van der Waals surface area contributed by atoms with Crippen LogP contribution in [0.3, 0.4) is 0 Å². The Kier molecular flexibility index (Phi) is 4.21.